The SMILES string of the molecule is CC(=C1c2ccccc2-c2ccccc21)c1cccc(C)c1. The highest BCUT2D eigenvalue weighted by molar-refractivity contribution is 6.09. The van der Waals surface area contributed by atoms with E-state index in [1.165, 1.54) is 44.5 Å². The molecule has 0 spiro atoms. The third-order valence-electron chi connectivity index (χ3n) is 4.51. The number of hydrogen-bond acceptors (Lipinski definition) is 0. The molecule has 1 aliphatic rings. The van der Waals surface area contributed by atoms with Crippen LogP contribution in [0.5, 0.6) is 0 Å². The van der Waals surface area contributed by atoms with Crippen LogP contribution in [0.15, 0.2) is 72.8 Å². The van der Waals surface area contributed by atoms with Gasteiger partial charge in [-0.2, -0.15) is 0 Å². The van der Waals surface area contributed by atoms with Crippen molar-refractivity contribution in [2.24, 2.45) is 0 Å². The molecule has 106 valence electrons. The molecule has 0 aliphatic heterocycles. The van der Waals surface area contributed by atoms with Crippen LogP contribution in [0.2, 0.25) is 0 Å². The molecule has 3 aromatic rings. The second kappa shape index (κ2) is 4.99. The number of hydrogen-bond donors (Lipinski definition) is 0. The van der Waals surface area contributed by atoms with E-state index in [1.807, 2.05) is 0 Å². The van der Waals surface area contributed by atoms with Gasteiger partial charge in [0.25, 0.3) is 0 Å². The summed E-state index contributed by atoms with van der Waals surface area (Å²) in [5.41, 5.74) is 10.7. The minimum atomic E-state index is 1.30. The Balaban J connectivity index is 2.04. The first-order chi connectivity index (χ1) is 10.8. The van der Waals surface area contributed by atoms with Crippen molar-refractivity contribution < 1.29 is 0 Å². The van der Waals surface area contributed by atoms with Crippen molar-refractivity contribution in [3.63, 3.8) is 0 Å². The molecule has 0 unspecified atom stereocenters. The van der Waals surface area contributed by atoms with Crippen LogP contribution in [0.3, 0.4) is 0 Å². The summed E-state index contributed by atoms with van der Waals surface area (Å²) in [4.78, 5) is 0. The van der Waals surface area contributed by atoms with Gasteiger partial charge >= 0.3 is 0 Å². The molecule has 22 heavy (non-hydrogen) atoms. The maximum absolute atomic E-state index is 2.27. The van der Waals surface area contributed by atoms with Gasteiger partial charge in [0.15, 0.2) is 0 Å². The minimum Gasteiger partial charge on any atom is -0.0616 e. The maximum atomic E-state index is 2.27. The minimum absolute atomic E-state index is 1.30. The zero-order valence-corrected chi connectivity index (χ0v) is 12.9. The van der Waals surface area contributed by atoms with Crippen molar-refractivity contribution in [3.8, 4) is 11.1 Å². The third-order valence-corrected chi connectivity index (χ3v) is 4.51. The summed E-state index contributed by atoms with van der Waals surface area (Å²) in [5, 5.41) is 0. The maximum Gasteiger partial charge on any atom is -0.00637 e. The monoisotopic (exact) mass is 282 g/mol. The molecule has 0 bridgehead atoms. The fraction of sp³-hybridized carbons (Fsp3) is 0.0909. The van der Waals surface area contributed by atoms with Crippen LogP contribution in [-0.2, 0) is 0 Å². The van der Waals surface area contributed by atoms with Crippen LogP contribution in [0.4, 0.5) is 0 Å². The van der Waals surface area contributed by atoms with Crippen molar-refractivity contribution in [2.45, 2.75) is 13.8 Å². The lowest BCUT2D eigenvalue weighted by Gasteiger charge is -2.10. The summed E-state index contributed by atoms with van der Waals surface area (Å²) in [7, 11) is 0. The first kappa shape index (κ1) is 13.1. The van der Waals surface area contributed by atoms with E-state index < -0.39 is 0 Å². The molecule has 3 aromatic carbocycles. The molecule has 0 saturated heterocycles. The highest BCUT2D eigenvalue weighted by Gasteiger charge is 2.24. The molecule has 0 fully saturated rings. The summed E-state index contributed by atoms with van der Waals surface area (Å²) in [6.07, 6.45) is 0. The first-order valence-corrected chi connectivity index (χ1v) is 7.73. The number of benzene rings is 3. The Bertz CT molecular complexity index is 850. The van der Waals surface area contributed by atoms with E-state index in [0.29, 0.717) is 0 Å². The molecule has 0 amide bonds. The van der Waals surface area contributed by atoms with Crippen molar-refractivity contribution in [2.75, 3.05) is 0 Å². The predicted molar refractivity (Wildman–Crippen MR) is 94.6 cm³/mol. The highest BCUT2D eigenvalue weighted by atomic mass is 14.3. The van der Waals surface area contributed by atoms with Crippen LogP contribution < -0.4 is 0 Å². The molecule has 0 atom stereocenters. The van der Waals surface area contributed by atoms with Gasteiger partial charge < -0.3 is 0 Å². The largest absolute Gasteiger partial charge is 0.0616 e. The summed E-state index contributed by atoms with van der Waals surface area (Å²) in [5.74, 6) is 0. The molecular weight excluding hydrogens is 264 g/mol. The van der Waals surface area contributed by atoms with E-state index in [4.69, 9.17) is 0 Å². The van der Waals surface area contributed by atoms with Crippen LogP contribution >= 0.6 is 0 Å². The second-order valence-electron chi connectivity index (χ2n) is 5.96. The molecule has 0 heteroatoms. The first-order valence-electron chi connectivity index (χ1n) is 7.73. The molecule has 0 radical (unpaired) electrons. The summed E-state index contributed by atoms with van der Waals surface area (Å²) < 4.78 is 0. The van der Waals surface area contributed by atoms with E-state index in [9.17, 15) is 0 Å². The Morgan fingerprint density at radius 3 is 1.73 bits per heavy atom. The fourth-order valence-electron chi connectivity index (χ4n) is 3.44. The number of aryl methyl sites for hydroxylation is 1. The quantitative estimate of drug-likeness (QED) is 0.404. The molecule has 4 rings (SSSR count). The van der Waals surface area contributed by atoms with E-state index in [2.05, 4.69) is 86.6 Å². The average molecular weight is 282 g/mol. The molecular formula is C22H18. The molecule has 0 aromatic heterocycles. The zero-order chi connectivity index (χ0) is 15.1. The van der Waals surface area contributed by atoms with Gasteiger partial charge in [-0.3, -0.25) is 0 Å². The van der Waals surface area contributed by atoms with Gasteiger partial charge in [-0.25, -0.2) is 0 Å². The van der Waals surface area contributed by atoms with Gasteiger partial charge in [-0.1, -0.05) is 78.4 Å². The van der Waals surface area contributed by atoms with Gasteiger partial charge in [0.1, 0.15) is 0 Å². The average Bonchev–Trinajstić information content (AvgIpc) is 2.89. The number of fused-ring (bicyclic) bond motifs is 3. The van der Waals surface area contributed by atoms with Crippen molar-refractivity contribution in [3.05, 3.63) is 95.1 Å². The smallest absolute Gasteiger partial charge is 0.00637 e. The topological polar surface area (TPSA) is 0 Å². The number of allylic oxidation sites excluding steroid dienone is 1. The third kappa shape index (κ3) is 1.92. The number of rotatable bonds is 1. The van der Waals surface area contributed by atoms with Crippen molar-refractivity contribution in [1.29, 1.82) is 0 Å². The lowest BCUT2D eigenvalue weighted by atomic mass is 9.93. The predicted octanol–water partition coefficient (Wildman–Crippen LogP) is 5.95. The van der Waals surface area contributed by atoms with Gasteiger partial charge in [0, 0.05) is 0 Å². The van der Waals surface area contributed by atoms with Gasteiger partial charge in [-0.15, -0.1) is 0 Å². The molecule has 1 aliphatic carbocycles. The Morgan fingerprint density at radius 1 is 0.636 bits per heavy atom. The van der Waals surface area contributed by atoms with E-state index in [-0.39, 0.29) is 0 Å². The summed E-state index contributed by atoms with van der Waals surface area (Å²) >= 11 is 0. The Morgan fingerprint density at radius 2 is 1.18 bits per heavy atom. The normalized spacial score (nSPS) is 12.0. The van der Waals surface area contributed by atoms with E-state index in [1.54, 1.807) is 0 Å². The standard InChI is InChI=1S/C22H18/c1-15-8-7-9-17(14-15)16(2)22-20-12-5-3-10-18(20)19-11-4-6-13-21(19)22/h3-14H,1-2H3. The summed E-state index contributed by atoms with van der Waals surface area (Å²) in [6, 6.07) is 26.2. The molecule has 0 N–H and O–H groups in total. The van der Waals surface area contributed by atoms with Gasteiger partial charge in [0.2, 0.25) is 0 Å². The Hall–Kier alpha value is -2.60. The zero-order valence-electron chi connectivity index (χ0n) is 12.9. The van der Waals surface area contributed by atoms with Crippen molar-refractivity contribution >= 4 is 11.1 Å². The second-order valence-corrected chi connectivity index (χ2v) is 5.96. The van der Waals surface area contributed by atoms with Crippen LogP contribution in [0.25, 0.3) is 22.3 Å². The molecule has 0 saturated carbocycles. The Kier molecular flexibility index (Phi) is 2.97. The lowest BCUT2D eigenvalue weighted by Crippen LogP contribution is -1.89. The van der Waals surface area contributed by atoms with Crippen LogP contribution in [-0.4, -0.2) is 0 Å². The van der Waals surface area contributed by atoms with Crippen molar-refractivity contribution in [1.82, 2.24) is 0 Å². The van der Waals surface area contributed by atoms with Crippen LogP contribution in [0.1, 0.15) is 29.2 Å². The van der Waals surface area contributed by atoms with E-state index in [0.717, 1.165) is 0 Å². The Labute approximate surface area is 131 Å². The molecule has 0 nitrogen and oxygen atoms in total. The molecule has 0 heterocycles. The fourth-order valence-corrected chi connectivity index (χ4v) is 3.44. The van der Waals surface area contributed by atoms with E-state index >= 15 is 0 Å². The lowest BCUT2D eigenvalue weighted by molar-refractivity contribution is 1.44. The van der Waals surface area contributed by atoms with Gasteiger partial charge in [0.05, 0.1) is 0 Å². The van der Waals surface area contributed by atoms with Gasteiger partial charge in [-0.05, 0) is 52.8 Å². The van der Waals surface area contributed by atoms with Crippen LogP contribution in [0, 0.1) is 6.92 Å². The summed E-state index contributed by atoms with van der Waals surface area (Å²) in [6.45, 7) is 4.39. The highest BCUT2D eigenvalue weighted by Crippen LogP contribution is 2.46.